The number of nitrogens with one attached hydrogen (secondary N) is 1. The van der Waals surface area contributed by atoms with Gasteiger partial charge in [-0.2, -0.15) is 0 Å². The number of carbonyl (C=O) groups is 1. The molecule has 7 heteroatoms. The van der Waals surface area contributed by atoms with Crippen LogP contribution in [0.1, 0.15) is 12.0 Å². The third-order valence-electron chi connectivity index (χ3n) is 5.04. The molecule has 1 aromatic heterocycles. The number of tetrazole rings is 1. The molecule has 0 aliphatic rings. The van der Waals surface area contributed by atoms with E-state index in [1.54, 1.807) is 11.9 Å². The highest BCUT2D eigenvalue weighted by atomic mass is 16.5. The molecule has 3 aromatic carbocycles. The monoisotopic (exact) mass is 413 g/mol. The second-order valence-electron chi connectivity index (χ2n) is 7.08. The Morgan fingerprint density at radius 2 is 1.65 bits per heavy atom. The topological polar surface area (TPSA) is 84.0 Å². The van der Waals surface area contributed by atoms with Crippen molar-refractivity contribution in [3.63, 3.8) is 0 Å². The zero-order chi connectivity index (χ0) is 21.5. The van der Waals surface area contributed by atoms with Gasteiger partial charge in [0.05, 0.1) is 19.6 Å². The lowest BCUT2D eigenvalue weighted by Crippen LogP contribution is -2.27. The van der Waals surface area contributed by atoms with Gasteiger partial charge < -0.3 is 9.64 Å². The predicted octanol–water partition coefficient (Wildman–Crippen LogP) is 4.10. The number of H-pyrrole nitrogens is 1. The molecule has 156 valence electrons. The molecule has 0 radical (unpaired) electrons. The molecule has 0 atom stereocenters. The molecular formula is C24H23N5O2. The van der Waals surface area contributed by atoms with E-state index < -0.39 is 0 Å². The Morgan fingerprint density at radius 3 is 2.35 bits per heavy atom. The van der Waals surface area contributed by atoms with Gasteiger partial charge in [0.2, 0.25) is 5.91 Å². The number of nitrogens with zero attached hydrogens (tertiary/aromatic N) is 4. The fraction of sp³-hybridized carbons (Fsp3) is 0.167. The van der Waals surface area contributed by atoms with Crippen molar-refractivity contribution in [2.24, 2.45) is 0 Å². The molecule has 0 saturated carbocycles. The van der Waals surface area contributed by atoms with Gasteiger partial charge in [-0.3, -0.25) is 4.79 Å². The van der Waals surface area contributed by atoms with Crippen LogP contribution >= 0.6 is 0 Å². The maximum absolute atomic E-state index is 12.5. The number of rotatable bonds is 8. The third kappa shape index (κ3) is 5.02. The van der Waals surface area contributed by atoms with E-state index in [1.165, 1.54) is 0 Å². The van der Waals surface area contributed by atoms with Crippen molar-refractivity contribution >= 4 is 11.6 Å². The number of aromatic nitrogens is 4. The first kappa shape index (κ1) is 20.4. The summed E-state index contributed by atoms with van der Waals surface area (Å²) >= 11 is 0. The van der Waals surface area contributed by atoms with Gasteiger partial charge >= 0.3 is 0 Å². The van der Waals surface area contributed by atoms with Gasteiger partial charge in [0.15, 0.2) is 5.82 Å². The zero-order valence-electron chi connectivity index (χ0n) is 17.2. The molecule has 4 aromatic rings. The highest BCUT2D eigenvalue weighted by Gasteiger charge is 2.13. The highest BCUT2D eigenvalue weighted by Crippen LogP contribution is 2.30. The van der Waals surface area contributed by atoms with Gasteiger partial charge in [0.25, 0.3) is 0 Å². The van der Waals surface area contributed by atoms with Crippen molar-refractivity contribution in [1.29, 1.82) is 0 Å². The molecule has 1 amide bonds. The van der Waals surface area contributed by atoms with E-state index in [-0.39, 0.29) is 5.91 Å². The van der Waals surface area contributed by atoms with E-state index >= 15 is 0 Å². The van der Waals surface area contributed by atoms with E-state index in [2.05, 4.69) is 20.6 Å². The molecule has 0 aliphatic heterocycles. The minimum atomic E-state index is 0.00828. The summed E-state index contributed by atoms with van der Waals surface area (Å²) in [5.41, 5.74) is 4.87. The Labute approximate surface area is 180 Å². The Morgan fingerprint density at radius 1 is 0.935 bits per heavy atom. The van der Waals surface area contributed by atoms with Crippen molar-refractivity contribution in [1.82, 2.24) is 20.6 Å². The molecule has 0 fully saturated rings. The van der Waals surface area contributed by atoms with E-state index in [0.717, 1.165) is 27.9 Å². The van der Waals surface area contributed by atoms with E-state index in [9.17, 15) is 4.79 Å². The molecule has 0 unspecified atom stereocenters. The standard InChI is InChI=1S/C24H23N5O2/c1-29(23(30)15-16-31-17-18-7-3-2-4-8-18)20-13-11-19(12-14-20)21-9-5-6-10-22(21)24-25-27-28-26-24/h2-14H,15-17H2,1H3,(H,25,26,27,28). The summed E-state index contributed by atoms with van der Waals surface area (Å²) in [4.78, 5) is 14.2. The van der Waals surface area contributed by atoms with Crippen LogP contribution in [0.5, 0.6) is 0 Å². The summed E-state index contributed by atoms with van der Waals surface area (Å²) in [6.07, 6.45) is 0.326. The maximum Gasteiger partial charge on any atom is 0.229 e. The average Bonchev–Trinajstić information content (AvgIpc) is 3.37. The summed E-state index contributed by atoms with van der Waals surface area (Å²) in [5.74, 6) is 0.622. The second kappa shape index (κ2) is 9.77. The number of hydrogen-bond donors (Lipinski definition) is 1. The first-order chi connectivity index (χ1) is 15.2. The molecule has 4 rings (SSSR count). The molecule has 1 heterocycles. The number of hydrogen-bond acceptors (Lipinski definition) is 5. The molecule has 0 bridgehead atoms. The van der Waals surface area contributed by atoms with Crippen LogP contribution in [0.15, 0.2) is 78.9 Å². The van der Waals surface area contributed by atoms with Crippen molar-refractivity contribution in [3.05, 3.63) is 84.4 Å². The summed E-state index contributed by atoms with van der Waals surface area (Å²) < 4.78 is 5.64. The van der Waals surface area contributed by atoms with Gasteiger partial charge in [-0.25, -0.2) is 5.10 Å². The Kier molecular flexibility index (Phi) is 6.44. The quantitative estimate of drug-likeness (QED) is 0.440. The zero-order valence-corrected chi connectivity index (χ0v) is 17.2. The molecule has 0 spiro atoms. The lowest BCUT2D eigenvalue weighted by molar-refractivity contribution is -0.119. The minimum Gasteiger partial charge on any atom is -0.376 e. The molecule has 0 saturated heterocycles. The Balaban J connectivity index is 1.37. The van der Waals surface area contributed by atoms with Gasteiger partial charge in [-0.15, -0.1) is 5.10 Å². The number of benzene rings is 3. The van der Waals surface area contributed by atoms with Crippen molar-refractivity contribution in [3.8, 4) is 22.5 Å². The van der Waals surface area contributed by atoms with Gasteiger partial charge in [0, 0.05) is 18.3 Å². The summed E-state index contributed by atoms with van der Waals surface area (Å²) in [6.45, 7) is 0.890. The van der Waals surface area contributed by atoms with E-state index in [4.69, 9.17) is 4.74 Å². The smallest absolute Gasteiger partial charge is 0.229 e. The molecule has 31 heavy (non-hydrogen) atoms. The minimum absolute atomic E-state index is 0.00828. The molecule has 0 aliphatic carbocycles. The Bertz CT molecular complexity index is 1110. The molecule has 1 N–H and O–H groups in total. The third-order valence-corrected chi connectivity index (χ3v) is 5.04. The number of aromatic amines is 1. The molecular weight excluding hydrogens is 390 g/mol. The van der Waals surface area contributed by atoms with Gasteiger partial charge in [-0.1, -0.05) is 66.7 Å². The lowest BCUT2D eigenvalue weighted by atomic mass is 9.99. The first-order valence-corrected chi connectivity index (χ1v) is 10.0. The van der Waals surface area contributed by atoms with Gasteiger partial charge in [0.1, 0.15) is 0 Å². The van der Waals surface area contributed by atoms with Crippen molar-refractivity contribution in [2.75, 3.05) is 18.6 Å². The Hall–Kier alpha value is -3.84. The van der Waals surface area contributed by atoms with Crippen LogP contribution in [0.25, 0.3) is 22.5 Å². The fourth-order valence-corrected chi connectivity index (χ4v) is 3.31. The van der Waals surface area contributed by atoms with Crippen LogP contribution in [0, 0.1) is 0 Å². The van der Waals surface area contributed by atoms with Gasteiger partial charge in [-0.05, 0) is 39.2 Å². The average molecular weight is 413 g/mol. The molecule has 7 nitrogen and oxygen atoms in total. The van der Waals surface area contributed by atoms with Crippen LogP contribution in [0.4, 0.5) is 5.69 Å². The second-order valence-corrected chi connectivity index (χ2v) is 7.08. The van der Waals surface area contributed by atoms with Crippen LogP contribution in [0.3, 0.4) is 0 Å². The van der Waals surface area contributed by atoms with Crippen LogP contribution in [0.2, 0.25) is 0 Å². The van der Waals surface area contributed by atoms with Crippen molar-refractivity contribution in [2.45, 2.75) is 13.0 Å². The summed E-state index contributed by atoms with van der Waals surface area (Å²) in [6, 6.07) is 25.7. The largest absolute Gasteiger partial charge is 0.376 e. The maximum atomic E-state index is 12.5. The van der Waals surface area contributed by atoms with E-state index in [0.29, 0.717) is 25.5 Å². The fourth-order valence-electron chi connectivity index (χ4n) is 3.31. The van der Waals surface area contributed by atoms with Crippen molar-refractivity contribution < 1.29 is 9.53 Å². The number of anilines is 1. The van der Waals surface area contributed by atoms with Crippen LogP contribution < -0.4 is 4.90 Å². The van der Waals surface area contributed by atoms with Crippen LogP contribution in [-0.4, -0.2) is 40.2 Å². The SMILES string of the molecule is CN(C(=O)CCOCc1ccccc1)c1ccc(-c2ccccc2-c2nnn[nH]2)cc1. The number of amides is 1. The normalized spacial score (nSPS) is 10.7. The summed E-state index contributed by atoms with van der Waals surface area (Å²) in [5, 5.41) is 14.1. The highest BCUT2D eigenvalue weighted by molar-refractivity contribution is 5.93. The van der Waals surface area contributed by atoms with E-state index in [1.807, 2.05) is 78.9 Å². The summed E-state index contributed by atoms with van der Waals surface area (Å²) in [7, 11) is 1.78. The lowest BCUT2D eigenvalue weighted by Gasteiger charge is -2.18. The van der Waals surface area contributed by atoms with Crippen LogP contribution in [-0.2, 0) is 16.1 Å². The first-order valence-electron chi connectivity index (χ1n) is 10.0. The number of ether oxygens (including phenoxy) is 1. The predicted molar refractivity (Wildman–Crippen MR) is 119 cm³/mol. The number of carbonyl (C=O) groups excluding carboxylic acids is 1.